The van der Waals surface area contributed by atoms with Gasteiger partial charge in [0.05, 0.1) is 22.4 Å². The van der Waals surface area contributed by atoms with Crippen LogP contribution in [0.25, 0.3) is 33.4 Å². The topological polar surface area (TPSA) is 35.6 Å². The zero-order valence-corrected chi connectivity index (χ0v) is 23.5. The van der Waals surface area contributed by atoms with Gasteiger partial charge >= 0.3 is 0 Å². The number of para-hydroxylation sites is 2. The maximum atomic E-state index is 5.25. The smallest absolute Gasteiger partial charge is 0.137 e. The molecule has 0 N–H and O–H groups in total. The lowest BCUT2D eigenvalue weighted by Gasteiger charge is -2.42. The Morgan fingerprint density at radius 1 is 0.487 bits per heavy atom. The van der Waals surface area contributed by atoms with Gasteiger partial charge in [-0.25, -0.2) is 9.97 Å². The summed E-state index contributed by atoms with van der Waals surface area (Å²) >= 11 is 0. The second-order valence-corrected chi connectivity index (χ2v) is 12.5. The standard InChI is InChI=1S/C35H34N4/c1-33(2)29-17-11-19-31(36-29)38-21-25(23-13-7-9-15-27(23)38)34(3,4)35(5,6)26-22-39(28-16-10-8-14-24(26)28)32-20-12-18-30(33)37-32/h7-22H,1-6H3. The highest BCUT2D eigenvalue weighted by atomic mass is 15.1. The van der Waals surface area contributed by atoms with Crippen LogP contribution in [-0.2, 0) is 16.2 Å². The third-order valence-electron chi connectivity index (χ3n) is 9.58. The molecule has 0 amide bonds. The molecule has 194 valence electrons. The fraction of sp³-hybridized carbons (Fsp3) is 0.257. The minimum atomic E-state index is -0.387. The molecule has 0 saturated carbocycles. The highest BCUT2D eigenvalue weighted by Crippen LogP contribution is 2.49. The van der Waals surface area contributed by atoms with Crippen molar-refractivity contribution in [3.05, 3.63) is 120 Å². The summed E-state index contributed by atoms with van der Waals surface area (Å²) in [5.41, 5.74) is 6.18. The molecular weight excluding hydrogens is 476 g/mol. The van der Waals surface area contributed by atoms with Gasteiger partial charge in [0, 0.05) is 39.4 Å². The Bertz CT molecular complexity index is 1760. The lowest BCUT2D eigenvalue weighted by Crippen LogP contribution is -2.40. The lowest BCUT2D eigenvalue weighted by molar-refractivity contribution is 0.307. The summed E-state index contributed by atoms with van der Waals surface area (Å²) in [7, 11) is 0. The Morgan fingerprint density at radius 2 is 0.897 bits per heavy atom. The maximum Gasteiger partial charge on any atom is 0.137 e. The zero-order valence-electron chi connectivity index (χ0n) is 23.5. The Labute approximate surface area is 230 Å². The minimum Gasteiger partial charge on any atom is -0.301 e. The number of benzene rings is 2. The second-order valence-electron chi connectivity index (χ2n) is 12.5. The van der Waals surface area contributed by atoms with E-state index < -0.39 is 0 Å². The summed E-state index contributed by atoms with van der Waals surface area (Å²) in [4.78, 5) is 10.5. The van der Waals surface area contributed by atoms with Crippen LogP contribution < -0.4 is 0 Å². The molecule has 5 heterocycles. The third-order valence-corrected chi connectivity index (χ3v) is 9.58. The van der Waals surface area contributed by atoms with Crippen molar-refractivity contribution in [2.24, 2.45) is 0 Å². The van der Waals surface area contributed by atoms with E-state index in [1.54, 1.807) is 0 Å². The SMILES string of the molecule is CC1(C)c2cccc(n2)-n2cc(c3ccccc32)C(C)(C)C(C)(C)c2cn(c3ccccc23)-c2cccc1n2. The number of hydrogen-bond donors (Lipinski definition) is 0. The van der Waals surface area contributed by atoms with Crippen molar-refractivity contribution in [2.45, 2.75) is 57.8 Å². The Kier molecular flexibility index (Phi) is 4.85. The van der Waals surface area contributed by atoms with Crippen LogP contribution >= 0.6 is 0 Å². The summed E-state index contributed by atoms with van der Waals surface area (Å²) in [6.45, 7) is 14.0. The predicted molar refractivity (Wildman–Crippen MR) is 160 cm³/mol. The maximum absolute atomic E-state index is 5.25. The molecule has 0 spiro atoms. The summed E-state index contributed by atoms with van der Waals surface area (Å²) in [6.07, 6.45) is 4.64. The van der Waals surface area contributed by atoms with E-state index in [9.17, 15) is 0 Å². The Morgan fingerprint density at radius 3 is 1.33 bits per heavy atom. The van der Waals surface area contributed by atoms with E-state index in [0.717, 1.165) is 23.0 Å². The third kappa shape index (κ3) is 3.24. The molecule has 8 bridgehead atoms. The largest absolute Gasteiger partial charge is 0.301 e. The first-order valence-electron chi connectivity index (χ1n) is 13.8. The van der Waals surface area contributed by atoms with Crippen molar-refractivity contribution in [3.63, 3.8) is 0 Å². The van der Waals surface area contributed by atoms with Crippen molar-refractivity contribution in [1.29, 1.82) is 0 Å². The molecule has 4 nitrogen and oxygen atoms in total. The van der Waals surface area contributed by atoms with E-state index in [1.807, 2.05) is 0 Å². The number of hydrogen-bond acceptors (Lipinski definition) is 2. The fourth-order valence-corrected chi connectivity index (χ4v) is 6.35. The number of fused-ring (bicyclic) bond motifs is 16. The van der Waals surface area contributed by atoms with E-state index >= 15 is 0 Å². The van der Waals surface area contributed by atoms with Gasteiger partial charge < -0.3 is 9.13 Å². The highest BCUT2D eigenvalue weighted by molar-refractivity contribution is 5.89. The average molecular weight is 511 g/mol. The number of nitrogens with zero attached hydrogens (tertiary/aromatic N) is 4. The van der Waals surface area contributed by atoms with Crippen molar-refractivity contribution in [1.82, 2.24) is 19.1 Å². The van der Waals surface area contributed by atoms with Gasteiger partial charge in [0.1, 0.15) is 11.6 Å². The van der Waals surface area contributed by atoms with Crippen LogP contribution in [0.5, 0.6) is 0 Å². The van der Waals surface area contributed by atoms with Crippen LogP contribution in [0.15, 0.2) is 97.3 Å². The first kappa shape index (κ1) is 23.9. The zero-order chi connectivity index (χ0) is 27.2. The molecule has 2 aromatic carbocycles. The van der Waals surface area contributed by atoms with Crippen LogP contribution in [0.4, 0.5) is 0 Å². The average Bonchev–Trinajstić information content (AvgIpc) is 3.53. The molecule has 0 saturated heterocycles. The van der Waals surface area contributed by atoms with Gasteiger partial charge in [-0.15, -0.1) is 0 Å². The second kappa shape index (κ2) is 7.92. The van der Waals surface area contributed by atoms with Crippen molar-refractivity contribution in [3.8, 4) is 11.6 Å². The van der Waals surface area contributed by atoms with Crippen LogP contribution in [0.3, 0.4) is 0 Å². The van der Waals surface area contributed by atoms with Crippen molar-refractivity contribution in [2.75, 3.05) is 0 Å². The van der Waals surface area contributed by atoms with Gasteiger partial charge in [-0.1, -0.05) is 76.2 Å². The van der Waals surface area contributed by atoms with Crippen LogP contribution in [0.2, 0.25) is 0 Å². The molecule has 6 aromatic rings. The molecule has 4 aromatic heterocycles. The fourth-order valence-electron chi connectivity index (χ4n) is 6.35. The van der Waals surface area contributed by atoms with Gasteiger partial charge in [-0.05, 0) is 61.4 Å². The number of pyridine rings is 2. The Balaban J connectivity index is 1.65. The van der Waals surface area contributed by atoms with Crippen LogP contribution in [0.1, 0.15) is 64.1 Å². The molecule has 7 rings (SSSR count). The molecule has 4 heteroatoms. The van der Waals surface area contributed by atoms with Gasteiger partial charge in [-0.2, -0.15) is 0 Å². The van der Waals surface area contributed by atoms with Gasteiger partial charge in [0.25, 0.3) is 0 Å². The van der Waals surface area contributed by atoms with Crippen LogP contribution in [0, 0.1) is 0 Å². The molecule has 0 fully saturated rings. The molecule has 0 unspecified atom stereocenters. The summed E-state index contributed by atoms with van der Waals surface area (Å²) in [5, 5.41) is 2.54. The molecule has 0 atom stereocenters. The Hall–Kier alpha value is -4.18. The monoisotopic (exact) mass is 510 g/mol. The summed E-state index contributed by atoms with van der Waals surface area (Å²) in [6, 6.07) is 30.2. The number of rotatable bonds is 0. The first-order chi connectivity index (χ1) is 18.6. The van der Waals surface area contributed by atoms with Gasteiger partial charge in [0.2, 0.25) is 0 Å². The molecular formula is C35H34N4. The van der Waals surface area contributed by atoms with E-state index in [-0.39, 0.29) is 16.2 Å². The molecule has 1 aliphatic rings. The summed E-state index contributed by atoms with van der Waals surface area (Å²) < 4.78 is 4.55. The van der Waals surface area contributed by atoms with E-state index in [2.05, 4.69) is 148 Å². The molecule has 39 heavy (non-hydrogen) atoms. The van der Waals surface area contributed by atoms with E-state index in [4.69, 9.17) is 9.97 Å². The molecule has 0 aliphatic carbocycles. The van der Waals surface area contributed by atoms with Gasteiger partial charge in [-0.3, -0.25) is 0 Å². The van der Waals surface area contributed by atoms with Gasteiger partial charge in [0.15, 0.2) is 0 Å². The van der Waals surface area contributed by atoms with Crippen LogP contribution in [-0.4, -0.2) is 19.1 Å². The minimum absolute atomic E-state index is 0.209. The first-order valence-corrected chi connectivity index (χ1v) is 13.8. The lowest BCUT2D eigenvalue weighted by atomic mass is 9.61. The normalized spacial score (nSPS) is 17.1. The van der Waals surface area contributed by atoms with Crippen molar-refractivity contribution < 1.29 is 0 Å². The highest BCUT2D eigenvalue weighted by Gasteiger charge is 2.43. The van der Waals surface area contributed by atoms with E-state index in [1.165, 1.54) is 32.9 Å². The molecule has 1 aliphatic heterocycles. The quantitative estimate of drug-likeness (QED) is 0.206. The predicted octanol–water partition coefficient (Wildman–Crippen LogP) is 8.26. The molecule has 0 radical (unpaired) electrons. The van der Waals surface area contributed by atoms with E-state index in [0.29, 0.717) is 0 Å². The van der Waals surface area contributed by atoms with Crippen molar-refractivity contribution >= 4 is 21.8 Å². The number of aromatic nitrogens is 4. The summed E-state index contributed by atoms with van der Waals surface area (Å²) in [5.74, 6) is 1.86.